The van der Waals surface area contributed by atoms with Gasteiger partial charge in [0.25, 0.3) is 5.91 Å². The van der Waals surface area contributed by atoms with Gasteiger partial charge in [0.15, 0.2) is 0 Å². The van der Waals surface area contributed by atoms with Crippen LogP contribution in [0.4, 0.5) is 4.39 Å². The summed E-state index contributed by atoms with van der Waals surface area (Å²) in [6.45, 7) is 2.76. The number of aromatic nitrogens is 2. The average Bonchev–Trinajstić information content (AvgIpc) is 3.10. The summed E-state index contributed by atoms with van der Waals surface area (Å²) < 4.78 is 15.5. The van der Waals surface area contributed by atoms with Crippen LogP contribution >= 0.6 is 11.6 Å². The van der Waals surface area contributed by atoms with E-state index in [1.165, 1.54) is 6.07 Å². The molecule has 4 rings (SSSR count). The molecule has 0 bridgehead atoms. The molecule has 1 aromatic heterocycles. The highest BCUT2D eigenvalue weighted by atomic mass is 35.5. The second-order valence-electron chi connectivity index (χ2n) is 7.34. The van der Waals surface area contributed by atoms with E-state index in [2.05, 4.69) is 5.10 Å². The maximum atomic E-state index is 13.8. The number of carbonyl (C=O) groups is 2. The van der Waals surface area contributed by atoms with E-state index < -0.39 is 5.91 Å². The summed E-state index contributed by atoms with van der Waals surface area (Å²) >= 11 is 6.09. The number of amides is 2. The Labute approximate surface area is 178 Å². The molecule has 0 saturated heterocycles. The first-order valence-electron chi connectivity index (χ1n) is 9.51. The van der Waals surface area contributed by atoms with Crippen molar-refractivity contribution in [2.75, 3.05) is 6.54 Å². The van der Waals surface area contributed by atoms with Crippen LogP contribution in [0.25, 0.3) is 11.3 Å². The predicted molar refractivity (Wildman–Crippen MR) is 111 cm³/mol. The first-order valence-corrected chi connectivity index (χ1v) is 9.89. The lowest BCUT2D eigenvalue weighted by Gasteiger charge is -2.28. The normalized spacial score (nSPS) is 13.2. The Balaban J connectivity index is 1.62. The van der Waals surface area contributed by atoms with Gasteiger partial charge in [-0.2, -0.15) is 5.10 Å². The summed E-state index contributed by atoms with van der Waals surface area (Å²) in [6, 6.07) is 11.8. The van der Waals surface area contributed by atoms with Crippen molar-refractivity contribution >= 4 is 23.4 Å². The van der Waals surface area contributed by atoms with E-state index in [4.69, 9.17) is 17.3 Å². The van der Waals surface area contributed by atoms with Crippen molar-refractivity contribution in [1.82, 2.24) is 14.7 Å². The van der Waals surface area contributed by atoms with Crippen molar-refractivity contribution in [3.8, 4) is 11.3 Å². The minimum absolute atomic E-state index is 0.0817. The molecule has 0 radical (unpaired) electrons. The monoisotopic (exact) mass is 426 g/mol. The largest absolute Gasteiger partial charge is 0.365 e. The van der Waals surface area contributed by atoms with Gasteiger partial charge in [-0.05, 0) is 36.2 Å². The fraction of sp³-hybridized carbons (Fsp3) is 0.227. The Bertz CT molecular complexity index is 1160. The molecule has 1 aliphatic heterocycles. The maximum absolute atomic E-state index is 13.8. The number of halogens is 2. The van der Waals surface area contributed by atoms with Crippen molar-refractivity contribution in [1.29, 1.82) is 0 Å². The van der Waals surface area contributed by atoms with E-state index in [1.54, 1.807) is 46.8 Å². The van der Waals surface area contributed by atoms with Crippen molar-refractivity contribution in [2.24, 2.45) is 5.73 Å². The second kappa shape index (κ2) is 7.91. The average molecular weight is 427 g/mol. The van der Waals surface area contributed by atoms with Gasteiger partial charge in [-0.1, -0.05) is 35.9 Å². The number of nitrogens with two attached hydrogens (primary N) is 1. The fourth-order valence-electron chi connectivity index (χ4n) is 3.66. The van der Waals surface area contributed by atoms with E-state index in [9.17, 15) is 14.0 Å². The molecule has 2 amide bonds. The molecule has 0 aliphatic carbocycles. The topological polar surface area (TPSA) is 81.2 Å². The molecular weight excluding hydrogens is 407 g/mol. The molecule has 0 unspecified atom stereocenters. The summed E-state index contributed by atoms with van der Waals surface area (Å²) in [5, 5.41) is 5.08. The third-order valence-electron chi connectivity index (χ3n) is 5.27. The van der Waals surface area contributed by atoms with Crippen molar-refractivity contribution in [3.05, 3.63) is 75.7 Å². The third-order valence-corrected chi connectivity index (χ3v) is 5.50. The van der Waals surface area contributed by atoms with Gasteiger partial charge in [0, 0.05) is 17.1 Å². The van der Waals surface area contributed by atoms with Gasteiger partial charge in [-0.25, -0.2) is 4.39 Å². The highest BCUT2D eigenvalue weighted by Gasteiger charge is 2.29. The minimum Gasteiger partial charge on any atom is -0.365 e. The summed E-state index contributed by atoms with van der Waals surface area (Å²) in [5.74, 6) is -1.09. The number of hydrogen-bond acceptors (Lipinski definition) is 3. The number of hydrogen-bond donors (Lipinski definition) is 1. The lowest BCUT2D eigenvalue weighted by Crippen LogP contribution is -2.40. The zero-order valence-electron chi connectivity index (χ0n) is 16.4. The smallest absolute Gasteiger partial charge is 0.252 e. The molecule has 0 fully saturated rings. The molecule has 0 atom stereocenters. The van der Waals surface area contributed by atoms with E-state index in [0.717, 1.165) is 0 Å². The molecule has 3 aromatic rings. The van der Waals surface area contributed by atoms with Gasteiger partial charge in [-0.15, -0.1) is 0 Å². The summed E-state index contributed by atoms with van der Waals surface area (Å²) in [6.07, 6.45) is 0.0817. The molecular formula is C22H20ClFN4O2. The van der Waals surface area contributed by atoms with Crippen LogP contribution in [0.15, 0.2) is 42.5 Å². The lowest BCUT2D eigenvalue weighted by molar-refractivity contribution is -0.132. The van der Waals surface area contributed by atoms with Gasteiger partial charge in [0.1, 0.15) is 11.5 Å². The molecule has 0 spiro atoms. The van der Waals surface area contributed by atoms with E-state index in [0.29, 0.717) is 46.2 Å². The standard InChI is InChI=1S/C22H20ClFN4O2/c1-13-5-6-14(9-17(13)24)10-19(29)27-7-8-28-18(12-27)20(22(25)30)21(26-28)15-3-2-4-16(23)11-15/h2-6,9,11H,7-8,10,12H2,1H3,(H2,25,30). The first kappa shape index (κ1) is 20.1. The number of benzene rings is 2. The van der Waals surface area contributed by atoms with Gasteiger partial charge in [-0.3, -0.25) is 14.3 Å². The number of nitrogens with zero attached hydrogens (tertiary/aromatic N) is 3. The maximum Gasteiger partial charge on any atom is 0.252 e. The molecule has 154 valence electrons. The van der Waals surface area contributed by atoms with Crippen LogP contribution in [0.2, 0.25) is 5.02 Å². The predicted octanol–water partition coefficient (Wildman–Crippen LogP) is 3.33. The number of carbonyl (C=O) groups excluding carboxylic acids is 2. The Morgan fingerprint density at radius 2 is 2.00 bits per heavy atom. The van der Waals surface area contributed by atoms with Crippen LogP contribution in [0.5, 0.6) is 0 Å². The zero-order valence-corrected chi connectivity index (χ0v) is 17.1. The van der Waals surface area contributed by atoms with Crippen LogP contribution in [0.3, 0.4) is 0 Å². The molecule has 8 heteroatoms. The summed E-state index contributed by atoms with van der Waals surface area (Å²) in [4.78, 5) is 26.7. The lowest BCUT2D eigenvalue weighted by atomic mass is 10.0. The number of rotatable bonds is 4. The van der Waals surface area contributed by atoms with Gasteiger partial charge >= 0.3 is 0 Å². The van der Waals surface area contributed by atoms with Gasteiger partial charge in [0.2, 0.25) is 5.91 Å². The fourth-order valence-corrected chi connectivity index (χ4v) is 3.85. The van der Waals surface area contributed by atoms with Crippen molar-refractivity contribution < 1.29 is 14.0 Å². The van der Waals surface area contributed by atoms with Gasteiger partial charge < -0.3 is 10.6 Å². The van der Waals surface area contributed by atoms with Crippen LogP contribution in [0, 0.1) is 12.7 Å². The minimum atomic E-state index is -0.610. The molecule has 2 N–H and O–H groups in total. The van der Waals surface area contributed by atoms with Crippen LogP contribution in [-0.2, 0) is 24.3 Å². The molecule has 1 aliphatic rings. The molecule has 2 heterocycles. The van der Waals surface area contributed by atoms with E-state index in [-0.39, 0.29) is 30.3 Å². The highest BCUT2D eigenvalue weighted by Crippen LogP contribution is 2.29. The zero-order chi connectivity index (χ0) is 21.4. The summed E-state index contributed by atoms with van der Waals surface area (Å²) in [7, 11) is 0. The molecule has 30 heavy (non-hydrogen) atoms. The number of fused-ring (bicyclic) bond motifs is 1. The molecule has 2 aromatic carbocycles. The molecule has 6 nitrogen and oxygen atoms in total. The first-order chi connectivity index (χ1) is 14.3. The van der Waals surface area contributed by atoms with Crippen LogP contribution in [-0.4, -0.2) is 33.0 Å². The van der Waals surface area contributed by atoms with Crippen LogP contribution < -0.4 is 5.73 Å². The third kappa shape index (κ3) is 3.80. The number of aryl methyl sites for hydroxylation is 1. The quantitative estimate of drug-likeness (QED) is 0.694. The van der Waals surface area contributed by atoms with E-state index >= 15 is 0 Å². The Morgan fingerprint density at radius 1 is 1.20 bits per heavy atom. The van der Waals surface area contributed by atoms with Crippen LogP contribution in [0.1, 0.15) is 27.2 Å². The second-order valence-corrected chi connectivity index (χ2v) is 7.78. The number of primary amides is 1. The molecule has 0 saturated carbocycles. The Morgan fingerprint density at radius 3 is 2.70 bits per heavy atom. The van der Waals surface area contributed by atoms with E-state index in [1.807, 2.05) is 6.07 Å². The van der Waals surface area contributed by atoms with Crippen molar-refractivity contribution in [2.45, 2.75) is 26.4 Å². The van der Waals surface area contributed by atoms with Gasteiger partial charge in [0.05, 0.1) is 30.8 Å². The Kier molecular flexibility index (Phi) is 5.30. The highest BCUT2D eigenvalue weighted by molar-refractivity contribution is 6.30. The van der Waals surface area contributed by atoms with Crippen molar-refractivity contribution in [3.63, 3.8) is 0 Å². The Hall–Kier alpha value is -3.19. The SMILES string of the molecule is Cc1ccc(CC(=O)N2CCn3nc(-c4cccc(Cl)c4)c(C(N)=O)c3C2)cc1F. The summed E-state index contributed by atoms with van der Waals surface area (Å²) in [5.41, 5.74) is 8.83.